The van der Waals surface area contributed by atoms with Crippen LogP contribution in [0.5, 0.6) is 5.75 Å². The molecule has 6 nitrogen and oxygen atoms in total. The number of fused-ring (bicyclic) bond motifs is 1. The largest absolute Gasteiger partial charge is 0.467 e. The molecule has 3 heterocycles. The van der Waals surface area contributed by atoms with Gasteiger partial charge in [-0.1, -0.05) is 0 Å². The normalized spacial score (nSPS) is 25.0. The third-order valence-electron chi connectivity index (χ3n) is 5.32. The monoisotopic (exact) mass is 477 g/mol. The highest BCUT2D eigenvalue weighted by molar-refractivity contribution is 14.0. The molecule has 0 aromatic heterocycles. The lowest BCUT2D eigenvalue weighted by Gasteiger charge is -2.26. The summed E-state index contributed by atoms with van der Waals surface area (Å²) in [5, 5.41) is 3.36. The molecule has 1 atom stereocenters. The third kappa shape index (κ3) is 3.91. The van der Waals surface area contributed by atoms with E-state index < -0.39 is 0 Å². The second-order valence-electron chi connectivity index (χ2n) is 7.04. The summed E-state index contributed by atoms with van der Waals surface area (Å²) >= 11 is 0. The Morgan fingerprint density at radius 2 is 2.23 bits per heavy atom. The van der Waals surface area contributed by atoms with E-state index in [1.54, 1.807) is 7.05 Å². The van der Waals surface area contributed by atoms with Crippen LogP contribution in [0.2, 0.25) is 0 Å². The predicted octanol–water partition coefficient (Wildman–Crippen LogP) is 2.50. The maximum absolute atomic E-state index is 13.9. The van der Waals surface area contributed by atoms with Crippen molar-refractivity contribution in [1.82, 2.24) is 10.2 Å². The molecule has 2 saturated heterocycles. The van der Waals surface area contributed by atoms with Crippen molar-refractivity contribution in [3.8, 4) is 5.75 Å². The summed E-state index contributed by atoms with van der Waals surface area (Å²) in [6.45, 7) is 4.67. The zero-order valence-electron chi connectivity index (χ0n) is 14.9. The van der Waals surface area contributed by atoms with Gasteiger partial charge in [0, 0.05) is 49.8 Å². The molecule has 26 heavy (non-hydrogen) atoms. The van der Waals surface area contributed by atoms with E-state index in [1.165, 1.54) is 12.1 Å². The van der Waals surface area contributed by atoms with Crippen LogP contribution in [0.3, 0.4) is 0 Å². The molecule has 1 aromatic rings. The molecule has 1 N–H and O–H groups in total. The Kier molecular flexibility index (Phi) is 6.24. The number of nitrogens with one attached hydrogen (secondary N) is 1. The summed E-state index contributed by atoms with van der Waals surface area (Å²) in [6.07, 6.45) is 2.25. The number of halogens is 2. The number of hydrogen-bond donors (Lipinski definition) is 1. The van der Waals surface area contributed by atoms with Gasteiger partial charge in [-0.3, -0.25) is 4.99 Å². The van der Waals surface area contributed by atoms with Gasteiger partial charge >= 0.3 is 0 Å². The zero-order valence-corrected chi connectivity index (χ0v) is 17.3. The van der Waals surface area contributed by atoms with E-state index in [0.29, 0.717) is 13.2 Å². The molecule has 0 bridgehead atoms. The summed E-state index contributed by atoms with van der Waals surface area (Å²) in [5.74, 6) is 1.29. The fourth-order valence-corrected chi connectivity index (χ4v) is 3.98. The van der Waals surface area contributed by atoms with Crippen LogP contribution < -0.4 is 10.1 Å². The first-order valence-electron chi connectivity index (χ1n) is 8.74. The van der Waals surface area contributed by atoms with E-state index >= 15 is 0 Å². The molecule has 8 heteroatoms. The highest BCUT2D eigenvalue weighted by Crippen LogP contribution is 2.38. The number of ether oxygens (including phenoxy) is 3. The average Bonchev–Trinajstić information content (AvgIpc) is 3.25. The molecule has 144 valence electrons. The number of hydrogen-bond acceptors (Lipinski definition) is 4. The lowest BCUT2D eigenvalue weighted by atomic mass is 9.87. The molecule has 0 aliphatic carbocycles. The average molecular weight is 477 g/mol. The second kappa shape index (κ2) is 8.26. The number of aliphatic imine (C=N–C) groups is 1. The predicted molar refractivity (Wildman–Crippen MR) is 106 cm³/mol. The van der Waals surface area contributed by atoms with E-state index in [1.807, 2.05) is 0 Å². The van der Waals surface area contributed by atoms with Gasteiger partial charge in [-0.15, -0.1) is 24.0 Å². The van der Waals surface area contributed by atoms with Gasteiger partial charge < -0.3 is 24.4 Å². The minimum Gasteiger partial charge on any atom is -0.467 e. The molecular weight excluding hydrogens is 452 g/mol. The van der Waals surface area contributed by atoms with Gasteiger partial charge in [-0.05, 0) is 25.0 Å². The van der Waals surface area contributed by atoms with Crippen molar-refractivity contribution in [2.45, 2.75) is 26.0 Å². The van der Waals surface area contributed by atoms with E-state index in [0.717, 1.165) is 62.0 Å². The number of rotatable bonds is 2. The first kappa shape index (κ1) is 19.6. The number of guanidine groups is 1. The molecule has 1 aromatic carbocycles. The molecular formula is C18H25FIN3O3. The quantitative estimate of drug-likeness (QED) is 0.403. The molecule has 3 aliphatic rings. The number of nitrogens with zero attached hydrogens (tertiary/aromatic N) is 2. The van der Waals surface area contributed by atoms with Crippen molar-refractivity contribution < 1.29 is 18.6 Å². The molecule has 2 fully saturated rings. The lowest BCUT2D eigenvalue weighted by Crippen LogP contribution is -2.41. The SMILES string of the molecule is CN=C(NCc1cc(F)cc2c1OCOC2)N1CCC2(CCOC2)C1.I. The van der Waals surface area contributed by atoms with Crippen molar-refractivity contribution in [1.29, 1.82) is 0 Å². The van der Waals surface area contributed by atoms with Crippen molar-refractivity contribution in [3.63, 3.8) is 0 Å². The summed E-state index contributed by atoms with van der Waals surface area (Å²) in [7, 11) is 1.78. The number of likely N-dealkylation sites (tertiary alicyclic amines) is 1. The van der Waals surface area contributed by atoms with Crippen LogP contribution in [0.15, 0.2) is 17.1 Å². The van der Waals surface area contributed by atoms with Crippen molar-refractivity contribution >= 4 is 29.9 Å². The van der Waals surface area contributed by atoms with Gasteiger partial charge in [0.15, 0.2) is 12.8 Å². The Hall–Kier alpha value is -1.13. The molecule has 4 rings (SSSR count). The molecule has 3 aliphatic heterocycles. The molecule has 0 amide bonds. The Bertz CT molecular complexity index is 680. The van der Waals surface area contributed by atoms with Crippen LogP contribution >= 0.6 is 24.0 Å². The Morgan fingerprint density at radius 3 is 3.00 bits per heavy atom. The molecule has 1 unspecified atom stereocenters. The van der Waals surface area contributed by atoms with Crippen LogP contribution in [0.25, 0.3) is 0 Å². The fraction of sp³-hybridized carbons (Fsp3) is 0.611. The van der Waals surface area contributed by atoms with Crippen molar-refractivity contribution in [2.24, 2.45) is 10.4 Å². The first-order valence-corrected chi connectivity index (χ1v) is 8.74. The Morgan fingerprint density at radius 1 is 1.35 bits per heavy atom. The summed E-state index contributed by atoms with van der Waals surface area (Å²) in [4.78, 5) is 6.67. The van der Waals surface area contributed by atoms with Gasteiger partial charge in [-0.2, -0.15) is 0 Å². The van der Waals surface area contributed by atoms with Gasteiger partial charge in [0.05, 0.1) is 13.2 Å². The maximum Gasteiger partial charge on any atom is 0.193 e. The van der Waals surface area contributed by atoms with E-state index in [-0.39, 0.29) is 42.0 Å². The van der Waals surface area contributed by atoms with Crippen LogP contribution in [0, 0.1) is 11.2 Å². The summed E-state index contributed by atoms with van der Waals surface area (Å²) in [6, 6.07) is 2.98. The van der Waals surface area contributed by atoms with Crippen LogP contribution in [0.4, 0.5) is 4.39 Å². The standard InChI is InChI=1S/C18H24FN3O3.HI/c1-20-17(22-4-2-18(10-22)3-5-23-11-18)21-8-13-6-15(19)7-14-9-24-12-25-16(13)14;/h6-7H,2-5,8-12H2,1H3,(H,20,21);1H. The fourth-order valence-electron chi connectivity index (χ4n) is 3.98. The van der Waals surface area contributed by atoms with Gasteiger partial charge in [0.2, 0.25) is 0 Å². The third-order valence-corrected chi connectivity index (χ3v) is 5.32. The first-order chi connectivity index (χ1) is 12.2. The van der Waals surface area contributed by atoms with Gasteiger partial charge in [-0.25, -0.2) is 4.39 Å². The number of benzene rings is 1. The Labute approximate surface area is 170 Å². The van der Waals surface area contributed by atoms with E-state index in [4.69, 9.17) is 14.2 Å². The minimum atomic E-state index is -0.275. The maximum atomic E-state index is 13.9. The minimum absolute atomic E-state index is 0. The van der Waals surface area contributed by atoms with Crippen LogP contribution in [-0.4, -0.2) is 51.0 Å². The highest BCUT2D eigenvalue weighted by atomic mass is 127. The molecule has 0 saturated carbocycles. The topological polar surface area (TPSA) is 55.3 Å². The van der Waals surface area contributed by atoms with Gasteiger partial charge in [0.1, 0.15) is 11.6 Å². The van der Waals surface area contributed by atoms with E-state index in [9.17, 15) is 4.39 Å². The lowest BCUT2D eigenvalue weighted by molar-refractivity contribution is -0.0173. The summed E-state index contributed by atoms with van der Waals surface area (Å²) in [5.41, 5.74) is 1.81. The Balaban J connectivity index is 0.00000196. The second-order valence-corrected chi connectivity index (χ2v) is 7.04. The van der Waals surface area contributed by atoms with Gasteiger partial charge in [0.25, 0.3) is 0 Å². The van der Waals surface area contributed by atoms with Crippen molar-refractivity contribution in [2.75, 3.05) is 40.1 Å². The molecule has 0 radical (unpaired) electrons. The van der Waals surface area contributed by atoms with Crippen molar-refractivity contribution in [3.05, 3.63) is 29.1 Å². The zero-order chi connectivity index (χ0) is 17.3. The smallest absolute Gasteiger partial charge is 0.193 e. The van der Waals surface area contributed by atoms with Crippen LogP contribution in [-0.2, 0) is 22.6 Å². The van der Waals surface area contributed by atoms with E-state index in [2.05, 4.69) is 15.2 Å². The molecule has 1 spiro atoms. The van der Waals surface area contributed by atoms with Crippen LogP contribution in [0.1, 0.15) is 24.0 Å². The summed E-state index contributed by atoms with van der Waals surface area (Å²) < 4.78 is 30.3. The highest BCUT2D eigenvalue weighted by Gasteiger charge is 2.42.